The lowest BCUT2D eigenvalue weighted by Gasteiger charge is -2.23. The van der Waals surface area contributed by atoms with Crippen molar-refractivity contribution in [3.63, 3.8) is 0 Å². The van der Waals surface area contributed by atoms with Crippen molar-refractivity contribution in [1.29, 1.82) is 0 Å². The molecule has 0 radical (unpaired) electrons. The molecule has 2 N–H and O–H groups in total. The topological polar surface area (TPSA) is 83.1 Å². The Morgan fingerprint density at radius 1 is 1.14 bits per heavy atom. The number of benzene rings is 3. The molecule has 0 saturated carbocycles. The van der Waals surface area contributed by atoms with Crippen molar-refractivity contribution in [1.82, 2.24) is 20.5 Å². The summed E-state index contributed by atoms with van der Waals surface area (Å²) in [7, 11) is 1.86. The van der Waals surface area contributed by atoms with Crippen LogP contribution in [0, 0.1) is 18.8 Å². The minimum atomic E-state index is -0.530. The highest BCUT2D eigenvalue weighted by molar-refractivity contribution is 7.80. The summed E-state index contributed by atoms with van der Waals surface area (Å²) in [5.74, 6) is 7.38. The van der Waals surface area contributed by atoms with E-state index in [2.05, 4.69) is 32.3 Å². The second-order valence-corrected chi connectivity index (χ2v) is 9.17. The molecular weight excluding hydrogens is 482 g/mol. The molecule has 1 aliphatic rings. The second kappa shape index (κ2) is 10.6. The molecule has 4 aromatic rings. The van der Waals surface area contributed by atoms with Crippen molar-refractivity contribution in [2.75, 3.05) is 18.6 Å². The van der Waals surface area contributed by atoms with Gasteiger partial charge in [0, 0.05) is 24.6 Å². The fourth-order valence-corrected chi connectivity index (χ4v) is 4.25. The van der Waals surface area contributed by atoms with Crippen molar-refractivity contribution in [2.45, 2.75) is 19.4 Å². The fraction of sp³-hybridized carbons (Fsp3) is 0.172. The highest BCUT2D eigenvalue weighted by Crippen LogP contribution is 2.32. The minimum Gasteiger partial charge on any atom is -0.489 e. The second-order valence-electron chi connectivity index (χ2n) is 8.75. The Balaban J connectivity index is 1.28. The van der Waals surface area contributed by atoms with Crippen LogP contribution in [0.2, 0.25) is 0 Å². The Bertz CT molecular complexity index is 1520. The number of hydrogen-bond acceptors (Lipinski definition) is 5. The van der Waals surface area contributed by atoms with Crippen LogP contribution in [-0.2, 0) is 6.42 Å². The summed E-state index contributed by atoms with van der Waals surface area (Å²) in [5, 5.41) is 9.84. The number of aryl methyl sites for hydroxylation is 1. The number of thiocarbonyl (C=S) groups is 1. The first-order chi connectivity index (χ1) is 18.0. The number of anilines is 1. The highest BCUT2D eigenvalue weighted by Gasteiger charge is 2.29. The normalized spacial score (nSPS) is 14.6. The number of ether oxygens (including phenoxy) is 1. The number of likely N-dealkylation sites (N-methyl/N-ethyl adjacent to an activating group) is 1. The first kappa shape index (κ1) is 24.2. The quantitative estimate of drug-likeness (QED) is 0.320. The van der Waals surface area contributed by atoms with Crippen molar-refractivity contribution < 1.29 is 9.53 Å². The highest BCUT2D eigenvalue weighted by atomic mass is 32.1. The number of fused-ring (bicyclic) bond motifs is 1. The monoisotopic (exact) mass is 507 g/mol. The number of nitrogens with zero attached hydrogens (tertiary/aromatic N) is 3. The minimum absolute atomic E-state index is 0.0620. The number of amides is 1. The fourth-order valence-electron chi connectivity index (χ4n) is 4.02. The van der Waals surface area contributed by atoms with Crippen LogP contribution in [0.15, 0.2) is 72.8 Å². The summed E-state index contributed by atoms with van der Waals surface area (Å²) in [6.07, 6.45) is 0.555. The van der Waals surface area contributed by atoms with Gasteiger partial charge in [-0.15, -0.1) is 5.10 Å². The maximum absolute atomic E-state index is 12.9. The Hall–Kier alpha value is -4.48. The van der Waals surface area contributed by atoms with Gasteiger partial charge in [-0.05, 0) is 42.3 Å². The number of carbonyl (C=O) groups excluding carboxylic acids is 1. The Kier molecular flexibility index (Phi) is 6.97. The Morgan fingerprint density at radius 3 is 2.73 bits per heavy atom. The number of hydrogen-bond donors (Lipinski definition) is 2. The Labute approximate surface area is 220 Å². The van der Waals surface area contributed by atoms with Crippen LogP contribution in [0.3, 0.4) is 0 Å². The van der Waals surface area contributed by atoms with Gasteiger partial charge in [0.25, 0.3) is 5.91 Å². The van der Waals surface area contributed by atoms with Crippen LogP contribution in [0.5, 0.6) is 5.75 Å². The van der Waals surface area contributed by atoms with E-state index in [4.69, 9.17) is 17.0 Å². The lowest BCUT2D eigenvalue weighted by Crippen LogP contribution is -2.48. The number of nitrogens with one attached hydrogen (secondary N) is 2. The first-order valence-electron chi connectivity index (χ1n) is 11.9. The van der Waals surface area contributed by atoms with Crippen LogP contribution in [0.25, 0.3) is 0 Å². The van der Waals surface area contributed by atoms with Crippen molar-refractivity contribution in [3.8, 4) is 17.6 Å². The molecule has 1 aromatic heterocycles. The molecule has 7 nitrogen and oxygen atoms in total. The van der Waals surface area contributed by atoms with E-state index in [0.29, 0.717) is 23.0 Å². The summed E-state index contributed by atoms with van der Waals surface area (Å²) in [5.41, 5.74) is 4.82. The Morgan fingerprint density at radius 2 is 1.92 bits per heavy atom. The van der Waals surface area contributed by atoms with E-state index in [1.807, 2.05) is 91.7 Å². The third kappa shape index (κ3) is 5.52. The van der Waals surface area contributed by atoms with E-state index in [1.54, 1.807) is 0 Å². The molecule has 8 heteroatoms. The molecule has 0 bridgehead atoms. The predicted molar refractivity (Wildman–Crippen MR) is 147 cm³/mol. The summed E-state index contributed by atoms with van der Waals surface area (Å²) >= 11 is 5.72. The zero-order valence-electron chi connectivity index (χ0n) is 20.5. The molecule has 184 valence electrons. The standard InChI is InChI=1S/C29H25N5O2S/c1-19-8-6-7-11-22(19)14-12-21-13-15-25-24(16-21)34(2)29(37)23(18-36-25)30-28(35)27-31-26(32-33-27)17-20-9-4-3-5-10-20/h3-11,13,15-16,23H,17-18H2,1-2H3,(H,30,35)(H,31,32,33)/t23-/m0/s1. The molecule has 1 amide bonds. The van der Waals surface area contributed by atoms with E-state index < -0.39 is 11.9 Å². The molecule has 1 atom stereocenters. The average Bonchev–Trinajstić information content (AvgIpc) is 3.35. The maximum Gasteiger partial charge on any atom is 0.291 e. The number of carbonyl (C=O) groups is 1. The van der Waals surface area contributed by atoms with E-state index in [-0.39, 0.29) is 12.4 Å². The molecule has 1 aliphatic heterocycles. The summed E-state index contributed by atoms with van der Waals surface area (Å²) in [4.78, 5) is 19.6. The lowest BCUT2D eigenvalue weighted by atomic mass is 10.1. The molecule has 0 aliphatic carbocycles. The van der Waals surface area contributed by atoms with Crippen LogP contribution in [0.1, 0.15) is 38.7 Å². The van der Waals surface area contributed by atoms with Gasteiger partial charge in [-0.3, -0.25) is 9.89 Å². The van der Waals surface area contributed by atoms with Gasteiger partial charge in [-0.1, -0.05) is 72.6 Å². The molecular formula is C29H25N5O2S. The third-order valence-corrected chi connectivity index (χ3v) is 6.65. The number of H-pyrrole nitrogens is 1. The zero-order valence-corrected chi connectivity index (χ0v) is 21.3. The number of aromatic nitrogens is 3. The smallest absolute Gasteiger partial charge is 0.291 e. The van der Waals surface area contributed by atoms with E-state index in [9.17, 15) is 4.79 Å². The van der Waals surface area contributed by atoms with Crippen LogP contribution in [0.4, 0.5) is 5.69 Å². The summed E-state index contributed by atoms with van der Waals surface area (Å²) in [6, 6.07) is 23.1. The van der Waals surface area contributed by atoms with Gasteiger partial charge in [-0.25, -0.2) is 4.98 Å². The SMILES string of the molecule is Cc1ccccc1C#Cc1ccc2c(c1)N(C)C(=S)[C@@H](NC(=O)c1n[nH]c(Cc3ccccc3)n1)CO2. The van der Waals surface area contributed by atoms with Crippen LogP contribution in [-0.4, -0.2) is 45.8 Å². The van der Waals surface area contributed by atoms with E-state index in [1.165, 1.54) is 0 Å². The van der Waals surface area contributed by atoms with Crippen molar-refractivity contribution in [2.24, 2.45) is 0 Å². The maximum atomic E-state index is 12.9. The van der Waals surface area contributed by atoms with Gasteiger partial charge in [0.15, 0.2) is 0 Å². The van der Waals surface area contributed by atoms with E-state index >= 15 is 0 Å². The van der Waals surface area contributed by atoms with Gasteiger partial charge in [0.2, 0.25) is 5.82 Å². The largest absolute Gasteiger partial charge is 0.489 e. The molecule has 0 saturated heterocycles. The molecule has 2 heterocycles. The predicted octanol–water partition coefficient (Wildman–Crippen LogP) is 4.06. The molecule has 37 heavy (non-hydrogen) atoms. The van der Waals surface area contributed by atoms with Gasteiger partial charge >= 0.3 is 0 Å². The molecule has 0 fully saturated rings. The molecule has 0 unspecified atom stereocenters. The molecule has 5 rings (SSSR count). The molecule has 3 aromatic carbocycles. The van der Waals surface area contributed by atoms with Gasteiger partial charge in [0.1, 0.15) is 29.2 Å². The van der Waals surface area contributed by atoms with Crippen molar-refractivity contribution >= 4 is 28.8 Å². The van der Waals surface area contributed by atoms with Gasteiger partial charge < -0.3 is 15.0 Å². The van der Waals surface area contributed by atoms with Gasteiger partial charge in [-0.2, -0.15) is 0 Å². The lowest BCUT2D eigenvalue weighted by molar-refractivity contribution is 0.0927. The number of aromatic amines is 1. The summed E-state index contributed by atoms with van der Waals surface area (Å²) < 4.78 is 6.02. The third-order valence-electron chi connectivity index (χ3n) is 6.10. The van der Waals surface area contributed by atoms with Crippen LogP contribution < -0.4 is 15.0 Å². The van der Waals surface area contributed by atoms with E-state index in [0.717, 1.165) is 27.9 Å². The zero-order chi connectivity index (χ0) is 25.8. The average molecular weight is 508 g/mol. The molecule has 0 spiro atoms. The summed E-state index contributed by atoms with van der Waals surface area (Å²) in [6.45, 7) is 2.23. The number of rotatable bonds is 4. The van der Waals surface area contributed by atoms with Crippen LogP contribution >= 0.6 is 12.2 Å². The van der Waals surface area contributed by atoms with Gasteiger partial charge in [0.05, 0.1) is 5.69 Å². The van der Waals surface area contributed by atoms with Crippen molar-refractivity contribution in [3.05, 3.63) is 107 Å². The first-order valence-corrected chi connectivity index (χ1v) is 12.3.